The van der Waals surface area contributed by atoms with Gasteiger partial charge in [0.05, 0.1) is 5.56 Å². The Labute approximate surface area is 146 Å². The first-order valence-electron chi connectivity index (χ1n) is 8.14. The van der Waals surface area contributed by atoms with E-state index in [1.807, 2.05) is 12.1 Å². The number of piperidine rings is 1. The number of rotatable bonds is 5. The highest BCUT2D eigenvalue weighted by atomic mass is 19.1. The number of hydrogen-bond donors (Lipinski definition) is 1. The lowest BCUT2D eigenvalue weighted by molar-refractivity contribution is 0.0696. The van der Waals surface area contributed by atoms with E-state index in [-0.39, 0.29) is 17.7 Å². The van der Waals surface area contributed by atoms with E-state index in [1.54, 1.807) is 10.9 Å². The maximum Gasteiger partial charge on any atom is 0.335 e. The number of halogens is 1. The number of pyridine rings is 1. The Balaban J connectivity index is 1.66. The fourth-order valence-corrected chi connectivity index (χ4v) is 2.88. The van der Waals surface area contributed by atoms with Crippen LogP contribution in [0.5, 0.6) is 5.88 Å². The summed E-state index contributed by atoms with van der Waals surface area (Å²) in [5.74, 6) is -1.00. The number of carboxylic acid groups (broad SMARTS) is 1. The molecule has 0 aliphatic carbocycles. The normalized spacial score (nSPS) is 15.9. The van der Waals surface area contributed by atoms with Gasteiger partial charge in [-0.05, 0) is 44.1 Å². The average Bonchev–Trinajstić information content (AvgIpc) is 2.61. The van der Waals surface area contributed by atoms with Crippen molar-refractivity contribution in [1.82, 2.24) is 9.79 Å². The third-order valence-corrected chi connectivity index (χ3v) is 4.37. The lowest BCUT2D eigenvalue weighted by atomic mass is 9.92. The van der Waals surface area contributed by atoms with E-state index in [1.165, 1.54) is 12.1 Å². The van der Waals surface area contributed by atoms with Crippen LogP contribution in [0.25, 0.3) is 0 Å². The molecule has 0 unspecified atom stereocenters. The fraction of sp³-hybridized carbons (Fsp3) is 0.333. The Morgan fingerprint density at radius 2 is 2.08 bits per heavy atom. The molecule has 2 heterocycles. The zero-order chi connectivity index (χ0) is 17.8. The van der Waals surface area contributed by atoms with Gasteiger partial charge in [0.25, 0.3) is 0 Å². The monoisotopic (exact) mass is 340 g/mol. The van der Waals surface area contributed by atoms with Crippen molar-refractivity contribution < 1.29 is 19.0 Å². The van der Waals surface area contributed by atoms with Gasteiger partial charge in [0, 0.05) is 23.2 Å². The number of carboxylic acids is 1. The van der Waals surface area contributed by atoms with Gasteiger partial charge in [-0.2, -0.15) is 0 Å². The van der Waals surface area contributed by atoms with Crippen LogP contribution in [-0.2, 0) is 6.61 Å². The van der Waals surface area contributed by atoms with Crippen molar-refractivity contribution in [3.05, 3.63) is 59.0 Å². The zero-order valence-corrected chi connectivity index (χ0v) is 13.7. The van der Waals surface area contributed by atoms with Crippen LogP contribution in [-0.4, -0.2) is 41.9 Å². The molecule has 25 heavy (non-hydrogen) atoms. The Bertz CT molecular complexity index is 764. The fourth-order valence-electron chi connectivity index (χ4n) is 2.88. The first-order chi connectivity index (χ1) is 12.0. The van der Waals surface area contributed by atoms with Gasteiger partial charge in [-0.1, -0.05) is 12.1 Å². The molecule has 1 saturated heterocycles. The van der Waals surface area contributed by atoms with Gasteiger partial charge < -0.3 is 14.7 Å². The number of carbonyl (C=O) groups is 1. The lowest BCUT2D eigenvalue weighted by Crippen LogP contribution is -2.30. The minimum atomic E-state index is -1.16. The highest BCUT2D eigenvalue weighted by Crippen LogP contribution is 2.27. The van der Waals surface area contributed by atoms with Crippen molar-refractivity contribution in [3.8, 4) is 5.88 Å². The van der Waals surface area contributed by atoms with Crippen molar-refractivity contribution in [1.29, 1.82) is 0 Å². The Morgan fingerprint density at radius 3 is 2.76 bits per heavy atom. The summed E-state index contributed by atoms with van der Waals surface area (Å²) < 4.78 is 19.5. The third kappa shape index (κ3) is 4.36. The number of hydrogen-bond acceptors (Lipinski definition) is 4. The molecule has 1 N–H and O–H groups in total. The predicted molar refractivity (Wildman–Crippen MR) is 91.2 cm³/mol. The summed E-state index contributed by atoms with van der Waals surface area (Å²) in [6.07, 6.45) is 1.89. The second-order valence-corrected chi connectivity index (χ2v) is 6.11. The third-order valence-electron chi connectivity index (χ3n) is 4.37. The van der Waals surface area contributed by atoms with E-state index < -0.39 is 11.8 Å². The van der Waals surface area contributed by atoms with Crippen molar-refractivity contribution in [2.45, 2.75) is 25.4 Å². The maximum absolute atomic E-state index is 13.9. The van der Waals surface area contributed by atoms with E-state index >= 15 is 0 Å². The summed E-state index contributed by atoms with van der Waals surface area (Å²) in [5.41, 5.74) is 1.15. The molecule has 5 nitrogen and oxygen atoms in total. The lowest BCUT2D eigenvalue weighted by Gasteiger charge is -2.29. The summed E-state index contributed by atoms with van der Waals surface area (Å²) >= 11 is 0. The smallest absolute Gasteiger partial charge is 0.335 e. The van der Waals surface area contributed by atoms with Gasteiger partial charge in [-0.25, -0.2) is 14.2 Å². The van der Waals surface area contributed by atoms with Gasteiger partial charge in [0.1, 0.15) is 12.4 Å². The number of ether oxygens (including phenoxy) is 1. The quantitative estimate of drug-likeness (QED) is 0.848. The van der Waals surface area contributed by atoms with Crippen LogP contribution >= 0.6 is 0 Å². The molecule has 0 bridgehead atoms. The van der Waals surface area contributed by atoms with Crippen molar-refractivity contribution in [2.75, 3.05) is 13.1 Å². The number of nitrogens with zero attached hydrogens (tertiary/aromatic N) is 2. The summed E-state index contributed by atoms with van der Waals surface area (Å²) in [6, 6.07) is 9.33. The van der Waals surface area contributed by atoms with Crippen LogP contribution in [0.2, 0.25) is 0 Å². The van der Waals surface area contributed by atoms with Crippen LogP contribution in [0.1, 0.15) is 40.4 Å². The molecule has 1 aromatic heterocycles. The van der Waals surface area contributed by atoms with Gasteiger partial charge in [-0.3, -0.25) is 0 Å². The second kappa shape index (κ2) is 7.65. The Kier molecular flexibility index (Phi) is 5.33. The largest absolute Gasteiger partial charge is 0.478 e. The number of aromatic nitrogens is 1. The Morgan fingerprint density at radius 1 is 1.32 bits per heavy atom. The van der Waals surface area contributed by atoms with Crippen molar-refractivity contribution in [2.24, 2.45) is 0 Å². The van der Waals surface area contributed by atoms with E-state index in [9.17, 15) is 9.18 Å². The topological polar surface area (TPSA) is 62.7 Å². The van der Waals surface area contributed by atoms with Gasteiger partial charge >= 0.3 is 5.97 Å². The van der Waals surface area contributed by atoms with Crippen LogP contribution < -0.4 is 4.74 Å². The number of benzene rings is 1. The minimum absolute atomic E-state index is 0.0105. The standard InChI is InChI=1S/C18H18BFN2O3/c19-22-8-6-12(7-9-22)16-2-1-3-17(21-16)25-11-14-5-4-13(18(23)24)10-15(14)20/h1-5,10,12H,6-9,11H2,(H,23,24). The zero-order valence-electron chi connectivity index (χ0n) is 13.7. The molecular formula is C18H18BFN2O3. The van der Waals surface area contributed by atoms with E-state index in [4.69, 9.17) is 17.8 Å². The molecule has 1 fully saturated rings. The second-order valence-electron chi connectivity index (χ2n) is 6.11. The molecular weight excluding hydrogens is 322 g/mol. The molecule has 1 aliphatic rings. The van der Waals surface area contributed by atoms with Gasteiger partial charge in [-0.15, -0.1) is 0 Å². The molecule has 7 heteroatoms. The van der Waals surface area contributed by atoms with Crippen LogP contribution in [0.15, 0.2) is 36.4 Å². The summed E-state index contributed by atoms with van der Waals surface area (Å²) in [4.78, 5) is 17.2. The van der Waals surface area contributed by atoms with E-state index in [0.29, 0.717) is 11.8 Å². The van der Waals surface area contributed by atoms with E-state index in [0.717, 1.165) is 37.7 Å². The van der Waals surface area contributed by atoms with Crippen LogP contribution in [0.3, 0.4) is 0 Å². The van der Waals surface area contributed by atoms with Crippen LogP contribution in [0, 0.1) is 5.82 Å². The summed E-state index contributed by atoms with van der Waals surface area (Å²) in [5, 5.41) is 8.86. The first-order valence-corrected chi connectivity index (χ1v) is 8.14. The summed E-state index contributed by atoms with van der Waals surface area (Å²) in [7, 11) is 5.78. The van der Waals surface area contributed by atoms with Crippen molar-refractivity contribution in [3.63, 3.8) is 0 Å². The molecule has 128 valence electrons. The molecule has 2 aromatic rings. The molecule has 0 spiro atoms. The number of aromatic carboxylic acids is 1. The van der Waals surface area contributed by atoms with Crippen LogP contribution in [0.4, 0.5) is 4.39 Å². The molecule has 2 radical (unpaired) electrons. The molecule has 0 amide bonds. The maximum atomic E-state index is 13.9. The Hall–Kier alpha value is -2.41. The summed E-state index contributed by atoms with van der Waals surface area (Å²) in [6.45, 7) is 1.65. The van der Waals surface area contributed by atoms with E-state index in [2.05, 4.69) is 4.98 Å². The SMILES string of the molecule is [B]N1CCC(c2cccc(OCc3ccc(C(=O)O)cc3F)n2)CC1. The molecule has 0 saturated carbocycles. The molecule has 1 aliphatic heterocycles. The van der Waals surface area contributed by atoms with Crippen molar-refractivity contribution >= 4 is 14.0 Å². The highest BCUT2D eigenvalue weighted by Gasteiger charge is 2.19. The highest BCUT2D eigenvalue weighted by molar-refractivity contribution is 6.04. The predicted octanol–water partition coefficient (Wildman–Crippen LogP) is 2.76. The minimum Gasteiger partial charge on any atom is -0.478 e. The molecule has 1 aromatic carbocycles. The molecule has 3 rings (SSSR count). The van der Waals surface area contributed by atoms with Gasteiger partial charge in [0.2, 0.25) is 5.88 Å². The molecule has 0 atom stereocenters. The average molecular weight is 340 g/mol. The first kappa shape index (κ1) is 17.4. The van der Waals surface area contributed by atoms with Gasteiger partial charge in [0.15, 0.2) is 7.98 Å².